The lowest BCUT2D eigenvalue weighted by Gasteiger charge is -2.33. The molecule has 0 bridgehead atoms. The molecule has 2 aliphatic heterocycles. The fraction of sp³-hybridized carbons (Fsp3) is 0.440. The highest BCUT2D eigenvalue weighted by atomic mass is 16.5. The highest BCUT2D eigenvalue weighted by Crippen LogP contribution is 2.32. The quantitative estimate of drug-likeness (QED) is 0.617. The maximum absolute atomic E-state index is 12.6. The Labute approximate surface area is 193 Å². The lowest BCUT2D eigenvalue weighted by atomic mass is 9.95. The summed E-state index contributed by atoms with van der Waals surface area (Å²) in [6.45, 7) is 4.97. The molecule has 2 fully saturated rings. The van der Waals surface area contributed by atoms with Crippen molar-refractivity contribution in [1.82, 2.24) is 20.4 Å². The van der Waals surface area contributed by atoms with Crippen molar-refractivity contribution < 1.29 is 14.1 Å². The monoisotopic (exact) mass is 447 g/mol. The van der Waals surface area contributed by atoms with E-state index in [-0.39, 0.29) is 17.9 Å². The number of aryl methyl sites for hydroxylation is 1. The van der Waals surface area contributed by atoms with E-state index in [4.69, 9.17) is 9.26 Å². The first-order valence-electron chi connectivity index (χ1n) is 11.7. The lowest BCUT2D eigenvalue weighted by Crippen LogP contribution is -2.42. The number of rotatable bonds is 6. The van der Waals surface area contributed by atoms with Gasteiger partial charge in [0.25, 0.3) is 5.89 Å². The van der Waals surface area contributed by atoms with Gasteiger partial charge in [0.05, 0.1) is 11.7 Å². The third-order valence-electron chi connectivity index (χ3n) is 6.45. The van der Waals surface area contributed by atoms with Crippen LogP contribution < -0.4 is 10.2 Å². The number of aromatic nitrogens is 3. The number of carbonyl (C=O) groups excluding carboxylic acids is 1. The molecule has 1 aromatic carbocycles. The number of nitrogens with zero attached hydrogens (tertiary/aromatic N) is 4. The fourth-order valence-electron chi connectivity index (χ4n) is 4.49. The Kier molecular flexibility index (Phi) is 6.35. The Bertz CT molecular complexity index is 1080. The number of piperidine rings is 1. The van der Waals surface area contributed by atoms with E-state index in [2.05, 4.69) is 25.3 Å². The minimum absolute atomic E-state index is 0.0198. The third-order valence-corrected chi connectivity index (χ3v) is 6.45. The first-order chi connectivity index (χ1) is 16.2. The Hall–Kier alpha value is -3.26. The lowest BCUT2D eigenvalue weighted by molar-refractivity contribution is -0.126. The van der Waals surface area contributed by atoms with E-state index < -0.39 is 0 Å². The van der Waals surface area contributed by atoms with E-state index in [1.807, 2.05) is 43.3 Å². The van der Waals surface area contributed by atoms with Gasteiger partial charge in [0.2, 0.25) is 11.7 Å². The van der Waals surface area contributed by atoms with E-state index in [9.17, 15) is 4.79 Å². The second-order valence-electron chi connectivity index (χ2n) is 8.81. The van der Waals surface area contributed by atoms with Crippen molar-refractivity contribution in [3.63, 3.8) is 0 Å². The standard InChI is InChI=1S/C25H29N5O3/c1-17-6-8-18(9-7-17)22-28-25(33-29-22)21-5-2-12-26-23(21)30-13-10-19(11-14-30)24(31)27-16-20-4-3-15-32-20/h2,5-9,12,19-20H,3-4,10-11,13-16H2,1H3,(H,27,31)/t20-/m1/s1. The normalized spacial score (nSPS) is 19.1. The summed E-state index contributed by atoms with van der Waals surface area (Å²) in [7, 11) is 0. The molecule has 172 valence electrons. The number of hydrogen-bond acceptors (Lipinski definition) is 7. The molecule has 0 unspecified atom stereocenters. The molecule has 2 aliphatic rings. The second kappa shape index (κ2) is 9.70. The molecule has 1 amide bonds. The first kappa shape index (κ1) is 21.6. The van der Waals surface area contributed by atoms with Crippen LogP contribution in [-0.2, 0) is 9.53 Å². The smallest absolute Gasteiger partial charge is 0.261 e. The summed E-state index contributed by atoms with van der Waals surface area (Å²) in [5.74, 6) is 1.97. The van der Waals surface area contributed by atoms with Crippen LogP contribution in [0.4, 0.5) is 5.82 Å². The van der Waals surface area contributed by atoms with Gasteiger partial charge in [0, 0.05) is 43.9 Å². The van der Waals surface area contributed by atoms with Crippen molar-refractivity contribution in [2.24, 2.45) is 5.92 Å². The van der Waals surface area contributed by atoms with Crippen molar-refractivity contribution in [3.8, 4) is 22.8 Å². The zero-order valence-corrected chi connectivity index (χ0v) is 18.9. The number of ether oxygens (including phenoxy) is 1. The van der Waals surface area contributed by atoms with Gasteiger partial charge in [-0.1, -0.05) is 35.0 Å². The average Bonchev–Trinajstić information content (AvgIpc) is 3.56. The summed E-state index contributed by atoms with van der Waals surface area (Å²) >= 11 is 0. The first-order valence-corrected chi connectivity index (χ1v) is 11.7. The van der Waals surface area contributed by atoms with E-state index in [1.165, 1.54) is 5.56 Å². The minimum Gasteiger partial charge on any atom is -0.376 e. The number of carbonyl (C=O) groups is 1. The van der Waals surface area contributed by atoms with Crippen LogP contribution in [0.2, 0.25) is 0 Å². The number of amides is 1. The maximum Gasteiger partial charge on any atom is 0.261 e. The molecule has 0 spiro atoms. The van der Waals surface area contributed by atoms with Crippen LogP contribution in [0.25, 0.3) is 22.8 Å². The molecule has 4 heterocycles. The van der Waals surface area contributed by atoms with Gasteiger partial charge in [-0.3, -0.25) is 4.79 Å². The van der Waals surface area contributed by atoms with Crippen molar-refractivity contribution in [2.75, 3.05) is 31.1 Å². The van der Waals surface area contributed by atoms with Gasteiger partial charge in [0.1, 0.15) is 5.82 Å². The number of pyridine rings is 1. The minimum atomic E-state index is 0.0198. The van der Waals surface area contributed by atoms with Crippen LogP contribution in [0.15, 0.2) is 47.1 Å². The van der Waals surface area contributed by atoms with Gasteiger partial charge < -0.3 is 19.5 Å². The van der Waals surface area contributed by atoms with Gasteiger partial charge in [-0.15, -0.1) is 0 Å². The molecule has 0 radical (unpaired) electrons. The predicted molar refractivity (Wildman–Crippen MR) is 125 cm³/mol. The molecule has 2 saturated heterocycles. The maximum atomic E-state index is 12.6. The molecule has 1 atom stereocenters. The van der Waals surface area contributed by atoms with Crippen molar-refractivity contribution in [1.29, 1.82) is 0 Å². The molecule has 5 rings (SSSR count). The zero-order valence-electron chi connectivity index (χ0n) is 18.9. The van der Waals surface area contributed by atoms with Crippen molar-refractivity contribution in [3.05, 3.63) is 48.2 Å². The number of hydrogen-bond donors (Lipinski definition) is 1. The second-order valence-corrected chi connectivity index (χ2v) is 8.81. The zero-order chi connectivity index (χ0) is 22.6. The largest absolute Gasteiger partial charge is 0.376 e. The molecule has 2 aromatic heterocycles. The summed E-state index contributed by atoms with van der Waals surface area (Å²) in [5, 5.41) is 7.25. The van der Waals surface area contributed by atoms with Gasteiger partial charge in [-0.05, 0) is 44.7 Å². The molecule has 1 N–H and O–H groups in total. The van der Waals surface area contributed by atoms with Crippen LogP contribution in [0, 0.1) is 12.8 Å². The summed E-state index contributed by atoms with van der Waals surface area (Å²) in [6, 6.07) is 11.9. The number of anilines is 1. The van der Waals surface area contributed by atoms with Crippen molar-refractivity contribution in [2.45, 2.75) is 38.7 Å². The molecular formula is C25H29N5O3. The van der Waals surface area contributed by atoms with E-state index in [1.54, 1.807) is 6.20 Å². The highest BCUT2D eigenvalue weighted by Gasteiger charge is 2.28. The summed E-state index contributed by atoms with van der Waals surface area (Å²) < 4.78 is 11.2. The van der Waals surface area contributed by atoms with Crippen molar-refractivity contribution >= 4 is 11.7 Å². The molecule has 33 heavy (non-hydrogen) atoms. The van der Waals surface area contributed by atoms with Crippen LogP contribution in [-0.4, -0.2) is 53.4 Å². The SMILES string of the molecule is Cc1ccc(-c2noc(-c3cccnc3N3CCC(C(=O)NC[C@H]4CCCO4)CC3)n2)cc1. The molecule has 8 heteroatoms. The van der Waals surface area contributed by atoms with Gasteiger partial charge in [-0.25, -0.2) is 4.98 Å². The van der Waals surface area contributed by atoms with E-state index in [0.29, 0.717) is 18.3 Å². The Balaban J connectivity index is 1.24. The summed E-state index contributed by atoms with van der Waals surface area (Å²) in [5.41, 5.74) is 2.90. The van der Waals surface area contributed by atoms with Crippen LogP contribution >= 0.6 is 0 Å². The molecule has 8 nitrogen and oxygen atoms in total. The van der Waals surface area contributed by atoms with E-state index >= 15 is 0 Å². The topological polar surface area (TPSA) is 93.4 Å². The third kappa shape index (κ3) is 4.90. The fourth-order valence-corrected chi connectivity index (χ4v) is 4.49. The van der Waals surface area contributed by atoms with Gasteiger partial charge in [0.15, 0.2) is 0 Å². The highest BCUT2D eigenvalue weighted by molar-refractivity contribution is 5.79. The predicted octanol–water partition coefficient (Wildman–Crippen LogP) is 3.62. The van der Waals surface area contributed by atoms with Gasteiger partial charge >= 0.3 is 0 Å². The number of nitrogens with one attached hydrogen (secondary N) is 1. The Morgan fingerprint density at radius 1 is 1.15 bits per heavy atom. The van der Waals surface area contributed by atoms with Crippen LogP contribution in [0.3, 0.4) is 0 Å². The Morgan fingerprint density at radius 2 is 1.97 bits per heavy atom. The Morgan fingerprint density at radius 3 is 2.73 bits per heavy atom. The molecular weight excluding hydrogens is 418 g/mol. The molecule has 3 aromatic rings. The molecule has 0 aliphatic carbocycles. The van der Waals surface area contributed by atoms with E-state index in [0.717, 1.165) is 62.3 Å². The number of benzene rings is 1. The molecule has 0 saturated carbocycles. The van der Waals surface area contributed by atoms with Crippen LogP contribution in [0.5, 0.6) is 0 Å². The van der Waals surface area contributed by atoms with Gasteiger partial charge in [-0.2, -0.15) is 4.98 Å². The summed E-state index contributed by atoms with van der Waals surface area (Å²) in [4.78, 5) is 24.0. The van der Waals surface area contributed by atoms with Crippen LogP contribution in [0.1, 0.15) is 31.2 Å². The average molecular weight is 448 g/mol. The summed E-state index contributed by atoms with van der Waals surface area (Å²) in [6.07, 6.45) is 5.62.